The maximum atomic E-state index is 6.41. The van der Waals surface area contributed by atoms with Gasteiger partial charge >= 0.3 is 0 Å². The summed E-state index contributed by atoms with van der Waals surface area (Å²) in [6, 6.07) is 0.587. The maximum absolute atomic E-state index is 6.41. The summed E-state index contributed by atoms with van der Waals surface area (Å²) in [7, 11) is 0. The van der Waals surface area contributed by atoms with Gasteiger partial charge in [-0.15, -0.1) is 0 Å². The highest BCUT2D eigenvalue weighted by Gasteiger charge is 2.22. The largest absolute Gasteiger partial charge is 0.327 e. The fraction of sp³-hybridized carbons (Fsp3) is 1.00. The molecule has 4 unspecified atom stereocenters. The van der Waals surface area contributed by atoms with Crippen LogP contribution >= 0.6 is 0 Å². The lowest BCUT2D eigenvalue weighted by atomic mass is 9.83. The van der Waals surface area contributed by atoms with E-state index in [0.717, 1.165) is 6.42 Å². The summed E-state index contributed by atoms with van der Waals surface area (Å²) < 4.78 is 0. The van der Waals surface area contributed by atoms with Crippen LogP contribution in [-0.2, 0) is 0 Å². The normalized spacial score (nSPS) is 18.0. The predicted molar refractivity (Wildman–Crippen MR) is 87.2 cm³/mol. The topological polar surface area (TPSA) is 52.0 Å². The first kappa shape index (κ1) is 18.9. The van der Waals surface area contributed by atoms with E-state index in [1.807, 2.05) is 0 Å². The van der Waals surface area contributed by atoms with Gasteiger partial charge in [0.15, 0.2) is 0 Å². The average molecular weight is 271 g/mol. The Morgan fingerprint density at radius 1 is 0.684 bits per heavy atom. The standard InChI is InChI=1S/C17H38N2/c1-5-9-11-14(7-3)16(18)13-17(19)15(8-4)12-10-6-2/h14-17H,5-13,18-19H2,1-4H3. The van der Waals surface area contributed by atoms with Gasteiger partial charge in [-0.05, 0) is 31.1 Å². The molecular weight excluding hydrogens is 232 g/mol. The van der Waals surface area contributed by atoms with Crippen molar-refractivity contribution < 1.29 is 0 Å². The van der Waals surface area contributed by atoms with E-state index >= 15 is 0 Å². The molecule has 0 saturated heterocycles. The van der Waals surface area contributed by atoms with Gasteiger partial charge in [-0.25, -0.2) is 0 Å². The molecule has 19 heavy (non-hydrogen) atoms. The monoisotopic (exact) mass is 270 g/mol. The van der Waals surface area contributed by atoms with Crippen molar-refractivity contribution in [2.45, 2.75) is 97.6 Å². The van der Waals surface area contributed by atoms with Crippen molar-refractivity contribution >= 4 is 0 Å². The molecule has 0 spiro atoms. The van der Waals surface area contributed by atoms with Gasteiger partial charge in [0.25, 0.3) is 0 Å². The lowest BCUT2D eigenvalue weighted by Crippen LogP contribution is -2.40. The SMILES string of the molecule is CCCCC(CC)C(N)CC(N)C(CC)CCCC. The highest BCUT2D eigenvalue weighted by atomic mass is 14.7. The Labute approximate surface area is 121 Å². The minimum absolute atomic E-state index is 0.294. The van der Waals surface area contributed by atoms with Crippen molar-refractivity contribution in [1.29, 1.82) is 0 Å². The van der Waals surface area contributed by atoms with Crippen LogP contribution in [0.1, 0.15) is 85.5 Å². The third kappa shape index (κ3) is 7.94. The summed E-state index contributed by atoms with van der Waals surface area (Å²) in [5.74, 6) is 1.32. The highest BCUT2D eigenvalue weighted by molar-refractivity contribution is 4.81. The van der Waals surface area contributed by atoms with Crippen molar-refractivity contribution in [2.24, 2.45) is 23.3 Å². The molecule has 0 bridgehead atoms. The fourth-order valence-corrected chi connectivity index (χ4v) is 3.07. The Morgan fingerprint density at radius 3 is 1.32 bits per heavy atom. The Hall–Kier alpha value is -0.0800. The Kier molecular flexibility index (Phi) is 11.7. The fourth-order valence-electron chi connectivity index (χ4n) is 3.07. The molecule has 0 aromatic heterocycles. The first-order valence-corrected chi connectivity index (χ1v) is 8.61. The molecule has 116 valence electrons. The maximum Gasteiger partial charge on any atom is 0.00818 e. The van der Waals surface area contributed by atoms with Gasteiger partial charge in [-0.1, -0.05) is 66.2 Å². The zero-order chi connectivity index (χ0) is 14.7. The second-order valence-electron chi connectivity index (χ2n) is 6.18. The molecule has 4 atom stereocenters. The lowest BCUT2D eigenvalue weighted by Gasteiger charge is -2.29. The molecule has 0 rings (SSSR count). The van der Waals surface area contributed by atoms with E-state index in [2.05, 4.69) is 27.7 Å². The number of unbranched alkanes of at least 4 members (excludes halogenated alkanes) is 2. The summed E-state index contributed by atoms with van der Waals surface area (Å²) in [6.45, 7) is 9.03. The quantitative estimate of drug-likeness (QED) is 0.550. The van der Waals surface area contributed by atoms with Crippen molar-refractivity contribution in [3.63, 3.8) is 0 Å². The minimum atomic E-state index is 0.294. The van der Waals surface area contributed by atoms with Crippen LogP contribution in [0.25, 0.3) is 0 Å². The number of hydrogen-bond donors (Lipinski definition) is 2. The van der Waals surface area contributed by atoms with Gasteiger partial charge in [0, 0.05) is 12.1 Å². The van der Waals surface area contributed by atoms with E-state index in [1.54, 1.807) is 0 Å². The minimum Gasteiger partial charge on any atom is -0.327 e. The predicted octanol–water partition coefficient (Wildman–Crippen LogP) is 4.46. The van der Waals surface area contributed by atoms with Crippen molar-refractivity contribution in [3.8, 4) is 0 Å². The van der Waals surface area contributed by atoms with Crippen LogP contribution in [-0.4, -0.2) is 12.1 Å². The molecule has 0 aliphatic carbocycles. The molecule has 4 N–H and O–H groups in total. The lowest BCUT2D eigenvalue weighted by molar-refractivity contribution is 0.286. The third-order valence-corrected chi connectivity index (χ3v) is 4.66. The highest BCUT2D eigenvalue weighted by Crippen LogP contribution is 2.23. The molecule has 0 amide bonds. The van der Waals surface area contributed by atoms with E-state index in [9.17, 15) is 0 Å². The molecule has 0 aliphatic rings. The molecule has 0 heterocycles. The van der Waals surface area contributed by atoms with Gasteiger partial charge in [-0.2, -0.15) is 0 Å². The number of rotatable bonds is 12. The molecular formula is C17H38N2. The van der Waals surface area contributed by atoms with Gasteiger partial charge in [0.2, 0.25) is 0 Å². The van der Waals surface area contributed by atoms with Crippen molar-refractivity contribution in [1.82, 2.24) is 0 Å². The summed E-state index contributed by atoms with van der Waals surface area (Å²) in [5, 5.41) is 0. The zero-order valence-corrected chi connectivity index (χ0v) is 13.8. The van der Waals surface area contributed by atoms with Crippen LogP contribution in [0, 0.1) is 11.8 Å². The zero-order valence-electron chi connectivity index (χ0n) is 13.8. The second kappa shape index (κ2) is 11.7. The van der Waals surface area contributed by atoms with Gasteiger partial charge in [0.1, 0.15) is 0 Å². The van der Waals surface area contributed by atoms with Crippen LogP contribution in [0.2, 0.25) is 0 Å². The van der Waals surface area contributed by atoms with Gasteiger partial charge in [0.05, 0.1) is 0 Å². The van der Waals surface area contributed by atoms with Gasteiger partial charge < -0.3 is 11.5 Å². The third-order valence-electron chi connectivity index (χ3n) is 4.66. The van der Waals surface area contributed by atoms with Crippen molar-refractivity contribution in [3.05, 3.63) is 0 Å². The molecule has 2 nitrogen and oxygen atoms in total. The van der Waals surface area contributed by atoms with E-state index in [-0.39, 0.29) is 0 Å². The van der Waals surface area contributed by atoms with Crippen LogP contribution < -0.4 is 11.5 Å². The Balaban J connectivity index is 4.21. The average Bonchev–Trinajstić information content (AvgIpc) is 2.40. The molecule has 2 heteroatoms. The molecule has 0 fully saturated rings. The van der Waals surface area contributed by atoms with Crippen LogP contribution in [0.4, 0.5) is 0 Å². The van der Waals surface area contributed by atoms with E-state index in [4.69, 9.17) is 11.5 Å². The Morgan fingerprint density at radius 2 is 1.05 bits per heavy atom. The first-order valence-electron chi connectivity index (χ1n) is 8.61. The number of hydrogen-bond acceptors (Lipinski definition) is 2. The molecule has 0 aromatic rings. The molecule has 0 radical (unpaired) electrons. The molecule has 0 saturated carbocycles. The van der Waals surface area contributed by atoms with E-state index in [0.29, 0.717) is 23.9 Å². The summed E-state index contributed by atoms with van der Waals surface area (Å²) in [5.41, 5.74) is 12.8. The summed E-state index contributed by atoms with van der Waals surface area (Å²) in [4.78, 5) is 0. The van der Waals surface area contributed by atoms with E-state index in [1.165, 1.54) is 51.4 Å². The second-order valence-corrected chi connectivity index (χ2v) is 6.18. The van der Waals surface area contributed by atoms with Gasteiger partial charge in [-0.3, -0.25) is 0 Å². The number of nitrogens with two attached hydrogens (primary N) is 2. The Bertz CT molecular complexity index is 174. The molecule has 0 aliphatic heterocycles. The van der Waals surface area contributed by atoms with Crippen LogP contribution in [0.5, 0.6) is 0 Å². The smallest absolute Gasteiger partial charge is 0.00818 e. The summed E-state index contributed by atoms with van der Waals surface area (Å²) >= 11 is 0. The van der Waals surface area contributed by atoms with Crippen molar-refractivity contribution in [2.75, 3.05) is 0 Å². The van der Waals surface area contributed by atoms with Crippen LogP contribution in [0.3, 0.4) is 0 Å². The molecule has 0 aromatic carbocycles. The first-order chi connectivity index (χ1) is 9.10. The van der Waals surface area contributed by atoms with E-state index < -0.39 is 0 Å². The summed E-state index contributed by atoms with van der Waals surface area (Å²) in [6.07, 6.45) is 11.1. The van der Waals surface area contributed by atoms with Crippen LogP contribution in [0.15, 0.2) is 0 Å².